The lowest BCUT2D eigenvalue weighted by atomic mass is 9.97. The van der Waals surface area contributed by atoms with Gasteiger partial charge in [0.15, 0.2) is 0 Å². The normalized spacial score (nSPS) is 14.2. The Balaban J connectivity index is 1.35. The maximum Gasteiger partial charge on any atom is 0.227 e. The van der Waals surface area contributed by atoms with Gasteiger partial charge in [-0.2, -0.15) is 0 Å². The van der Waals surface area contributed by atoms with Crippen LogP contribution in [0.25, 0.3) is 10.8 Å². The Kier molecular flexibility index (Phi) is 6.43. The molecule has 0 saturated heterocycles. The van der Waals surface area contributed by atoms with E-state index in [1.807, 2.05) is 0 Å². The summed E-state index contributed by atoms with van der Waals surface area (Å²) in [6.45, 7) is 10.1. The first-order valence-corrected chi connectivity index (χ1v) is 11.4. The lowest BCUT2D eigenvalue weighted by Gasteiger charge is -2.23. The molecular formula is C28H34N2O. The van der Waals surface area contributed by atoms with Gasteiger partial charge in [-0.25, -0.2) is 0 Å². The van der Waals surface area contributed by atoms with Gasteiger partial charge >= 0.3 is 0 Å². The summed E-state index contributed by atoms with van der Waals surface area (Å²) >= 11 is 0. The van der Waals surface area contributed by atoms with Gasteiger partial charge in [-0.15, -0.1) is 0 Å². The summed E-state index contributed by atoms with van der Waals surface area (Å²) in [6, 6.07) is 17.6. The molecule has 0 spiro atoms. The first-order chi connectivity index (χ1) is 14.9. The van der Waals surface area contributed by atoms with Crippen LogP contribution >= 0.6 is 0 Å². The summed E-state index contributed by atoms with van der Waals surface area (Å²) < 4.78 is 0. The van der Waals surface area contributed by atoms with Crippen molar-refractivity contribution in [3.05, 3.63) is 81.9 Å². The lowest BCUT2D eigenvalue weighted by Crippen LogP contribution is -2.34. The topological polar surface area (TPSA) is 23.6 Å². The average Bonchev–Trinajstić information content (AvgIpc) is 2.89. The first kappa shape index (κ1) is 21.6. The predicted octanol–water partition coefficient (Wildman–Crippen LogP) is 5.21. The van der Waals surface area contributed by atoms with Gasteiger partial charge in [-0.3, -0.25) is 4.79 Å². The molecule has 31 heavy (non-hydrogen) atoms. The number of carbonyl (C=O) groups is 1. The van der Waals surface area contributed by atoms with Gasteiger partial charge in [0, 0.05) is 19.6 Å². The molecule has 0 N–H and O–H groups in total. The van der Waals surface area contributed by atoms with Crippen molar-refractivity contribution in [2.24, 2.45) is 0 Å². The molecule has 0 atom stereocenters. The zero-order valence-corrected chi connectivity index (χ0v) is 19.4. The molecule has 0 radical (unpaired) electrons. The molecule has 1 heterocycles. The highest BCUT2D eigenvalue weighted by atomic mass is 16.2. The van der Waals surface area contributed by atoms with Crippen LogP contribution in [0.1, 0.15) is 39.8 Å². The van der Waals surface area contributed by atoms with Crippen molar-refractivity contribution in [3.8, 4) is 0 Å². The van der Waals surface area contributed by atoms with E-state index in [1.165, 1.54) is 44.2 Å². The van der Waals surface area contributed by atoms with Gasteiger partial charge in [0.1, 0.15) is 0 Å². The van der Waals surface area contributed by atoms with Crippen LogP contribution in [0.4, 0.5) is 0 Å². The van der Waals surface area contributed by atoms with Crippen molar-refractivity contribution in [2.75, 3.05) is 26.7 Å². The minimum Gasteiger partial charge on any atom is -0.342 e. The number of aryl methyl sites for hydroxylation is 3. The second kappa shape index (κ2) is 9.23. The van der Waals surface area contributed by atoms with Gasteiger partial charge in [0.2, 0.25) is 5.91 Å². The number of rotatable bonds is 6. The van der Waals surface area contributed by atoms with Gasteiger partial charge in [-0.05, 0) is 91.4 Å². The number of amides is 1. The second-order valence-corrected chi connectivity index (χ2v) is 9.19. The van der Waals surface area contributed by atoms with Crippen molar-refractivity contribution in [2.45, 2.75) is 46.6 Å². The van der Waals surface area contributed by atoms with E-state index >= 15 is 0 Å². The molecule has 0 bridgehead atoms. The fraction of sp³-hybridized carbons (Fsp3) is 0.393. The zero-order valence-electron chi connectivity index (χ0n) is 19.4. The molecule has 0 aromatic heterocycles. The van der Waals surface area contributed by atoms with E-state index in [1.54, 1.807) is 0 Å². The summed E-state index contributed by atoms with van der Waals surface area (Å²) in [7, 11) is 2.19. The quantitative estimate of drug-likeness (QED) is 0.552. The third-order valence-corrected chi connectivity index (χ3v) is 6.83. The van der Waals surface area contributed by atoms with Crippen LogP contribution < -0.4 is 0 Å². The number of hydrogen-bond acceptors (Lipinski definition) is 2. The molecule has 4 rings (SSSR count). The Morgan fingerprint density at radius 1 is 0.935 bits per heavy atom. The number of carbonyl (C=O) groups excluding carboxylic acids is 1. The first-order valence-electron chi connectivity index (χ1n) is 11.4. The van der Waals surface area contributed by atoms with E-state index in [4.69, 9.17) is 0 Å². The number of nitrogens with zero attached hydrogens (tertiary/aromatic N) is 2. The average molecular weight is 415 g/mol. The Bertz CT molecular complexity index is 1100. The third kappa shape index (κ3) is 4.83. The zero-order chi connectivity index (χ0) is 22.0. The Hall–Kier alpha value is -2.65. The van der Waals surface area contributed by atoms with Gasteiger partial charge in [0.05, 0.1) is 6.42 Å². The highest BCUT2D eigenvalue weighted by Crippen LogP contribution is 2.24. The summed E-state index contributed by atoms with van der Waals surface area (Å²) in [4.78, 5) is 17.3. The summed E-state index contributed by atoms with van der Waals surface area (Å²) in [5.41, 5.74) is 7.93. The molecule has 3 nitrogen and oxygen atoms in total. The van der Waals surface area contributed by atoms with Crippen LogP contribution in [0.2, 0.25) is 0 Å². The molecule has 3 aromatic rings. The molecule has 3 aromatic carbocycles. The third-order valence-electron chi connectivity index (χ3n) is 6.83. The number of hydrogen-bond donors (Lipinski definition) is 0. The molecule has 0 fully saturated rings. The second-order valence-electron chi connectivity index (χ2n) is 9.19. The van der Waals surface area contributed by atoms with Crippen LogP contribution in [0.3, 0.4) is 0 Å². The van der Waals surface area contributed by atoms with Crippen molar-refractivity contribution in [3.63, 3.8) is 0 Å². The predicted molar refractivity (Wildman–Crippen MR) is 130 cm³/mol. The Morgan fingerprint density at radius 3 is 2.48 bits per heavy atom. The molecule has 1 aliphatic rings. The van der Waals surface area contributed by atoms with Gasteiger partial charge in [0.25, 0.3) is 0 Å². The molecule has 162 valence electrons. The minimum absolute atomic E-state index is 0.273. The smallest absolute Gasteiger partial charge is 0.227 e. The summed E-state index contributed by atoms with van der Waals surface area (Å²) in [6.07, 6.45) is 2.51. The van der Waals surface area contributed by atoms with Crippen molar-refractivity contribution >= 4 is 16.7 Å². The van der Waals surface area contributed by atoms with E-state index in [0.29, 0.717) is 6.42 Å². The fourth-order valence-electron chi connectivity index (χ4n) is 4.76. The highest BCUT2D eigenvalue weighted by Gasteiger charge is 2.21. The highest BCUT2D eigenvalue weighted by molar-refractivity contribution is 5.86. The van der Waals surface area contributed by atoms with Crippen LogP contribution in [-0.4, -0.2) is 42.4 Å². The minimum atomic E-state index is 0.273. The molecule has 1 amide bonds. The molecule has 0 saturated carbocycles. The molecular weight excluding hydrogens is 380 g/mol. The standard InChI is InChI=1S/C28H34N2O/c1-20-10-11-23-8-5-6-9-26(23)27(20)19-29(4)13-7-14-30-15-12-24-16-21(2)22(3)17-25(24)18-28(30)31/h5-6,8-11,16-17H,7,12-15,18-19H2,1-4H3. The van der Waals surface area contributed by atoms with Crippen LogP contribution in [0, 0.1) is 20.8 Å². The Labute approximate surface area is 186 Å². The summed E-state index contributed by atoms with van der Waals surface area (Å²) in [5, 5.41) is 2.65. The van der Waals surface area contributed by atoms with E-state index in [0.717, 1.165) is 39.0 Å². The maximum absolute atomic E-state index is 12.8. The number of benzene rings is 3. The SMILES string of the molecule is Cc1cc2c(cc1C)CC(=O)N(CCCN(C)Cc1c(C)ccc3ccccc13)CC2. The van der Waals surface area contributed by atoms with E-state index in [9.17, 15) is 4.79 Å². The van der Waals surface area contributed by atoms with Crippen LogP contribution in [0.15, 0.2) is 48.5 Å². The van der Waals surface area contributed by atoms with Gasteiger partial charge in [-0.1, -0.05) is 48.5 Å². The molecule has 0 unspecified atom stereocenters. The lowest BCUT2D eigenvalue weighted by molar-refractivity contribution is -0.130. The van der Waals surface area contributed by atoms with Crippen molar-refractivity contribution in [1.82, 2.24) is 9.80 Å². The molecule has 0 aliphatic carbocycles. The van der Waals surface area contributed by atoms with E-state index in [2.05, 4.69) is 86.1 Å². The maximum atomic E-state index is 12.8. The fourth-order valence-corrected chi connectivity index (χ4v) is 4.76. The van der Waals surface area contributed by atoms with Crippen molar-refractivity contribution in [1.29, 1.82) is 0 Å². The largest absolute Gasteiger partial charge is 0.342 e. The van der Waals surface area contributed by atoms with Gasteiger partial charge < -0.3 is 9.80 Å². The monoisotopic (exact) mass is 414 g/mol. The summed E-state index contributed by atoms with van der Waals surface area (Å²) in [5.74, 6) is 0.273. The van der Waals surface area contributed by atoms with E-state index < -0.39 is 0 Å². The molecule has 1 aliphatic heterocycles. The van der Waals surface area contributed by atoms with Crippen LogP contribution in [-0.2, 0) is 24.2 Å². The van der Waals surface area contributed by atoms with E-state index in [-0.39, 0.29) is 5.91 Å². The Morgan fingerprint density at radius 2 is 1.68 bits per heavy atom. The number of fused-ring (bicyclic) bond motifs is 2. The van der Waals surface area contributed by atoms with Crippen molar-refractivity contribution < 1.29 is 4.79 Å². The molecule has 3 heteroatoms. The van der Waals surface area contributed by atoms with Crippen LogP contribution in [0.5, 0.6) is 0 Å².